The summed E-state index contributed by atoms with van der Waals surface area (Å²) >= 11 is 6.22. The van der Waals surface area contributed by atoms with Crippen molar-refractivity contribution in [1.82, 2.24) is 9.78 Å². The van der Waals surface area contributed by atoms with Crippen LogP contribution in [-0.2, 0) is 22.8 Å². The standard InChI is InChI=1S/C12H16ClN3O2S/c1-3-16-10(11(13)9(2)15-16)6-12(7-14)4-5-19(17,18)8-12/h3-6,8H2,1-2H3. The number of rotatable bonds is 3. The van der Waals surface area contributed by atoms with E-state index in [0.29, 0.717) is 30.1 Å². The molecule has 7 heteroatoms. The number of hydrogen-bond acceptors (Lipinski definition) is 4. The lowest BCUT2D eigenvalue weighted by molar-refractivity contribution is 0.430. The van der Waals surface area contributed by atoms with Crippen LogP contribution >= 0.6 is 11.6 Å². The highest BCUT2D eigenvalue weighted by Crippen LogP contribution is 2.37. The molecule has 104 valence electrons. The van der Waals surface area contributed by atoms with Gasteiger partial charge in [0.1, 0.15) is 0 Å². The van der Waals surface area contributed by atoms with E-state index < -0.39 is 15.3 Å². The van der Waals surface area contributed by atoms with E-state index >= 15 is 0 Å². The molecule has 0 aromatic carbocycles. The Balaban J connectivity index is 2.38. The van der Waals surface area contributed by atoms with Gasteiger partial charge in [-0.2, -0.15) is 10.4 Å². The second kappa shape index (κ2) is 4.80. The van der Waals surface area contributed by atoms with E-state index in [1.807, 2.05) is 13.8 Å². The zero-order chi connectivity index (χ0) is 14.3. The van der Waals surface area contributed by atoms with Gasteiger partial charge in [0.2, 0.25) is 0 Å². The Morgan fingerprint density at radius 3 is 2.74 bits per heavy atom. The van der Waals surface area contributed by atoms with E-state index in [9.17, 15) is 13.7 Å². The van der Waals surface area contributed by atoms with Gasteiger partial charge in [0.05, 0.1) is 39.4 Å². The SMILES string of the molecule is CCn1nc(C)c(Cl)c1CC1(C#N)CCS(=O)(=O)C1. The van der Waals surface area contributed by atoms with Crippen LogP contribution in [0.25, 0.3) is 0 Å². The molecule has 1 aliphatic heterocycles. The van der Waals surface area contributed by atoms with Gasteiger partial charge in [0, 0.05) is 13.0 Å². The van der Waals surface area contributed by atoms with Crippen LogP contribution in [0.15, 0.2) is 0 Å². The van der Waals surface area contributed by atoms with Gasteiger partial charge in [-0.1, -0.05) is 11.6 Å². The Labute approximate surface area is 118 Å². The first-order valence-electron chi connectivity index (χ1n) is 6.16. The summed E-state index contributed by atoms with van der Waals surface area (Å²) in [6.45, 7) is 4.40. The molecule has 1 aliphatic rings. The number of nitrogens with zero attached hydrogens (tertiary/aromatic N) is 3. The molecule has 0 bridgehead atoms. The molecule has 0 aliphatic carbocycles. The van der Waals surface area contributed by atoms with Crippen molar-refractivity contribution in [2.45, 2.75) is 33.2 Å². The molecular weight excluding hydrogens is 286 g/mol. The predicted octanol–water partition coefficient (Wildman–Crippen LogP) is 1.74. The van der Waals surface area contributed by atoms with Crippen LogP contribution in [0.4, 0.5) is 0 Å². The molecule has 0 saturated carbocycles. The first kappa shape index (κ1) is 14.4. The van der Waals surface area contributed by atoms with Crippen LogP contribution in [-0.4, -0.2) is 29.7 Å². The van der Waals surface area contributed by atoms with Crippen molar-refractivity contribution in [2.24, 2.45) is 5.41 Å². The first-order valence-corrected chi connectivity index (χ1v) is 8.36. The predicted molar refractivity (Wildman–Crippen MR) is 72.7 cm³/mol. The molecular formula is C12H16ClN3O2S. The van der Waals surface area contributed by atoms with Crippen LogP contribution < -0.4 is 0 Å². The molecule has 1 unspecified atom stereocenters. The second-order valence-electron chi connectivity index (χ2n) is 5.07. The van der Waals surface area contributed by atoms with E-state index in [1.54, 1.807) is 4.68 Å². The van der Waals surface area contributed by atoms with Crippen molar-refractivity contribution in [3.63, 3.8) is 0 Å². The van der Waals surface area contributed by atoms with E-state index in [4.69, 9.17) is 11.6 Å². The Morgan fingerprint density at radius 1 is 1.58 bits per heavy atom. The number of halogens is 1. The number of aryl methyl sites for hydroxylation is 2. The lowest BCUT2D eigenvalue weighted by Gasteiger charge is -2.19. The summed E-state index contributed by atoms with van der Waals surface area (Å²) in [5.74, 6) is -0.00179. The van der Waals surface area contributed by atoms with E-state index in [1.165, 1.54) is 0 Å². The lowest BCUT2D eigenvalue weighted by atomic mass is 9.84. The van der Waals surface area contributed by atoms with Crippen LogP contribution in [0.2, 0.25) is 5.02 Å². The molecule has 5 nitrogen and oxygen atoms in total. The fourth-order valence-electron chi connectivity index (χ4n) is 2.54. The van der Waals surface area contributed by atoms with Crippen molar-refractivity contribution in [2.75, 3.05) is 11.5 Å². The molecule has 0 radical (unpaired) electrons. The highest BCUT2D eigenvalue weighted by molar-refractivity contribution is 7.91. The average Bonchev–Trinajstić information content (AvgIpc) is 2.81. The number of nitriles is 1. The Hall–Kier alpha value is -1.06. The maximum atomic E-state index is 11.6. The van der Waals surface area contributed by atoms with Crippen molar-refractivity contribution in [1.29, 1.82) is 5.26 Å². The zero-order valence-electron chi connectivity index (χ0n) is 11.0. The van der Waals surface area contributed by atoms with E-state index in [2.05, 4.69) is 11.2 Å². The molecule has 0 amide bonds. The minimum absolute atomic E-state index is 0.0808. The normalized spacial score (nSPS) is 25.4. The third-order valence-corrected chi connectivity index (χ3v) is 5.89. The van der Waals surface area contributed by atoms with Gasteiger partial charge in [-0.25, -0.2) is 8.42 Å². The van der Waals surface area contributed by atoms with Crippen LogP contribution in [0.3, 0.4) is 0 Å². The zero-order valence-corrected chi connectivity index (χ0v) is 12.6. The fraction of sp³-hybridized carbons (Fsp3) is 0.667. The van der Waals surface area contributed by atoms with Gasteiger partial charge in [-0.3, -0.25) is 4.68 Å². The van der Waals surface area contributed by atoms with Crippen molar-refractivity contribution in [3.05, 3.63) is 16.4 Å². The minimum atomic E-state index is -3.11. The molecule has 1 fully saturated rings. The van der Waals surface area contributed by atoms with E-state index in [-0.39, 0.29) is 11.5 Å². The summed E-state index contributed by atoms with van der Waals surface area (Å²) in [6, 6.07) is 2.19. The van der Waals surface area contributed by atoms with Crippen LogP contribution in [0, 0.1) is 23.7 Å². The highest BCUT2D eigenvalue weighted by Gasteiger charge is 2.43. The van der Waals surface area contributed by atoms with Gasteiger partial charge in [-0.15, -0.1) is 0 Å². The third-order valence-electron chi connectivity index (χ3n) is 3.58. The summed E-state index contributed by atoms with van der Waals surface area (Å²) in [7, 11) is -3.11. The summed E-state index contributed by atoms with van der Waals surface area (Å²) in [5, 5.41) is 14.2. The van der Waals surface area contributed by atoms with Crippen molar-refractivity contribution in [3.8, 4) is 6.07 Å². The topological polar surface area (TPSA) is 75.8 Å². The van der Waals surface area contributed by atoms with Crippen molar-refractivity contribution >= 4 is 21.4 Å². The number of hydrogen-bond donors (Lipinski definition) is 0. The van der Waals surface area contributed by atoms with Crippen molar-refractivity contribution < 1.29 is 8.42 Å². The van der Waals surface area contributed by atoms with Gasteiger partial charge in [0.25, 0.3) is 0 Å². The van der Waals surface area contributed by atoms with Crippen LogP contribution in [0.5, 0.6) is 0 Å². The molecule has 2 rings (SSSR count). The molecule has 19 heavy (non-hydrogen) atoms. The summed E-state index contributed by atoms with van der Waals surface area (Å²) < 4.78 is 25.0. The fourth-order valence-corrected chi connectivity index (χ4v) is 4.74. The van der Waals surface area contributed by atoms with Crippen LogP contribution in [0.1, 0.15) is 24.7 Å². The number of aromatic nitrogens is 2. The Kier molecular flexibility index (Phi) is 3.63. The third kappa shape index (κ3) is 2.63. The molecule has 1 saturated heterocycles. The molecule has 1 atom stereocenters. The van der Waals surface area contributed by atoms with Gasteiger partial charge >= 0.3 is 0 Å². The highest BCUT2D eigenvalue weighted by atomic mass is 35.5. The largest absolute Gasteiger partial charge is 0.268 e. The average molecular weight is 302 g/mol. The second-order valence-corrected chi connectivity index (χ2v) is 7.63. The summed E-state index contributed by atoms with van der Waals surface area (Å²) in [6.07, 6.45) is 0.715. The monoisotopic (exact) mass is 301 g/mol. The first-order chi connectivity index (χ1) is 8.82. The van der Waals surface area contributed by atoms with E-state index in [0.717, 1.165) is 5.69 Å². The Morgan fingerprint density at radius 2 is 2.26 bits per heavy atom. The van der Waals surface area contributed by atoms with Gasteiger partial charge < -0.3 is 0 Å². The van der Waals surface area contributed by atoms with Gasteiger partial charge in [0.15, 0.2) is 9.84 Å². The Bertz CT molecular complexity index is 645. The quantitative estimate of drug-likeness (QED) is 0.852. The molecule has 0 N–H and O–H groups in total. The maximum Gasteiger partial charge on any atom is 0.151 e. The summed E-state index contributed by atoms with van der Waals surface area (Å²) in [4.78, 5) is 0. The molecule has 1 aromatic heterocycles. The summed E-state index contributed by atoms with van der Waals surface area (Å²) in [5.41, 5.74) is 0.620. The molecule has 2 heterocycles. The molecule has 0 spiro atoms. The smallest absolute Gasteiger partial charge is 0.151 e. The maximum absolute atomic E-state index is 11.6. The lowest BCUT2D eigenvalue weighted by Crippen LogP contribution is -2.25. The van der Waals surface area contributed by atoms with Gasteiger partial charge in [-0.05, 0) is 20.3 Å². The number of sulfone groups is 1. The minimum Gasteiger partial charge on any atom is -0.268 e. The molecule has 1 aromatic rings.